The van der Waals surface area contributed by atoms with Crippen LogP contribution in [0.1, 0.15) is 28.8 Å². The van der Waals surface area contributed by atoms with E-state index in [1.54, 1.807) is 44.6 Å². The Bertz CT molecular complexity index is 2390. The Balaban J connectivity index is 0.000000180. The second kappa shape index (κ2) is 19.1. The monoisotopic (exact) mass is 802 g/mol. The van der Waals surface area contributed by atoms with Crippen LogP contribution in [-0.4, -0.2) is 84.0 Å². The van der Waals surface area contributed by atoms with Crippen molar-refractivity contribution in [2.75, 3.05) is 59.2 Å². The topological polar surface area (TPSA) is 86.0 Å². The fourth-order valence-corrected chi connectivity index (χ4v) is 7.44. The molecule has 2 saturated heterocycles. The molecule has 2 unspecified atom stereocenters. The van der Waals surface area contributed by atoms with Gasteiger partial charge in [0.25, 0.3) is 17.0 Å². The first kappa shape index (κ1) is 41.1. The second-order valence-electron chi connectivity index (χ2n) is 14.3. The predicted molar refractivity (Wildman–Crippen MR) is 221 cm³/mol. The average Bonchev–Trinajstić information content (AvgIpc) is 3.28. The molecule has 304 valence electrons. The van der Waals surface area contributed by atoms with Crippen LogP contribution in [0.2, 0.25) is 0 Å². The van der Waals surface area contributed by atoms with Gasteiger partial charge in [-0.1, -0.05) is 103 Å². The maximum absolute atomic E-state index is 13.4. The molecule has 2 fully saturated rings. The lowest BCUT2D eigenvalue weighted by Gasteiger charge is -2.31. The van der Waals surface area contributed by atoms with Crippen molar-refractivity contribution in [2.45, 2.75) is 18.3 Å². The summed E-state index contributed by atoms with van der Waals surface area (Å²) in [6.07, 6.45) is -0.967. The summed E-state index contributed by atoms with van der Waals surface area (Å²) in [4.78, 5) is 44.2. The highest BCUT2D eigenvalue weighted by Crippen LogP contribution is 2.31. The third-order valence-corrected chi connectivity index (χ3v) is 10.6. The lowest BCUT2D eigenvalue weighted by molar-refractivity contribution is -0.138. The van der Waals surface area contributed by atoms with E-state index < -0.39 is 17.8 Å². The molecule has 4 heterocycles. The summed E-state index contributed by atoms with van der Waals surface area (Å²) < 4.78 is 52.8. The minimum Gasteiger partial charge on any atom is -0.379 e. The van der Waals surface area contributed by atoms with Crippen molar-refractivity contribution >= 4 is 5.91 Å². The molecule has 0 spiro atoms. The Morgan fingerprint density at radius 1 is 0.559 bits per heavy atom. The fourth-order valence-electron chi connectivity index (χ4n) is 7.44. The van der Waals surface area contributed by atoms with Crippen LogP contribution in [-0.2, 0) is 20.4 Å². The Kier molecular flexibility index (Phi) is 13.3. The van der Waals surface area contributed by atoms with Crippen molar-refractivity contribution < 1.29 is 27.4 Å². The predicted octanol–water partition coefficient (Wildman–Crippen LogP) is 7.42. The minimum atomic E-state index is -4.41. The highest BCUT2D eigenvalue weighted by molar-refractivity contribution is 5.84. The Hall–Kier alpha value is -6.08. The van der Waals surface area contributed by atoms with Crippen LogP contribution in [0.4, 0.5) is 13.2 Å². The SMILES string of the molecule is O=C(C(c1ccccc1)n1cccc(-c2ccccc2)c1=O)N1CCOCC1.O=c1c(-c2ccc(C(F)(F)F)cc2)cccn1C(CN1CCOCC1)c1ccccc1. The molecule has 12 heteroatoms. The third-order valence-electron chi connectivity index (χ3n) is 10.6. The number of rotatable bonds is 9. The van der Waals surface area contributed by atoms with E-state index in [2.05, 4.69) is 4.90 Å². The zero-order valence-electron chi connectivity index (χ0n) is 32.4. The number of carbonyl (C=O) groups excluding carboxylic acids is 1. The van der Waals surface area contributed by atoms with E-state index in [9.17, 15) is 27.6 Å². The maximum atomic E-state index is 13.4. The third kappa shape index (κ3) is 9.97. The zero-order chi connectivity index (χ0) is 41.2. The number of aromatic nitrogens is 2. The lowest BCUT2D eigenvalue weighted by atomic mass is 10.0. The molecule has 2 aliphatic rings. The summed E-state index contributed by atoms with van der Waals surface area (Å²) in [7, 11) is 0. The van der Waals surface area contributed by atoms with E-state index in [0.29, 0.717) is 62.8 Å². The van der Waals surface area contributed by atoms with E-state index in [1.807, 2.05) is 97.1 Å². The average molecular weight is 803 g/mol. The van der Waals surface area contributed by atoms with Gasteiger partial charge in [-0.2, -0.15) is 13.2 Å². The Morgan fingerprint density at radius 2 is 1.03 bits per heavy atom. The molecule has 6 aromatic rings. The molecule has 0 aliphatic carbocycles. The van der Waals surface area contributed by atoms with Crippen molar-refractivity contribution in [1.29, 1.82) is 0 Å². The van der Waals surface area contributed by atoms with Crippen LogP contribution in [0, 0.1) is 0 Å². The van der Waals surface area contributed by atoms with Crippen LogP contribution < -0.4 is 11.1 Å². The molecule has 0 saturated carbocycles. The number of benzene rings is 4. The molecule has 0 radical (unpaired) electrons. The molecular formula is C47H45F3N4O5. The molecule has 8 rings (SSSR count). The Morgan fingerprint density at radius 3 is 1.59 bits per heavy atom. The van der Waals surface area contributed by atoms with Gasteiger partial charge in [0.1, 0.15) is 6.04 Å². The molecule has 2 atom stereocenters. The van der Waals surface area contributed by atoms with Crippen LogP contribution in [0.3, 0.4) is 0 Å². The van der Waals surface area contributed by atoms with Gasteiger partial charge in [0.2, 0.25) is 0 Å². The number of halogens is 3. The second-order valence-corrected chi connectivity index (χ2v) is 14.3. The summed E-state index contributed by atoms with van der Waals surface area (Å²) in [5.74, 6) is -0.0817. The molecule has 0 N–H and O–H groups in total. The van der Waals surface area contributed by atoms with Crippen molar-refractivity contribution in [3.63, 3.8) is 0 Å². The molecule has 4 aromatic carbocycles. The highest BCUT2D eigenvalue weighted by Gasteiger charge is 2.31. The minimum absolute atomic E-state index is 0.0817. The van der Waals surface area contributed by atoms with Gasteiger partial charge in [0.15, 0.2) is 0 Å². The molecule has 1 amide bonds. The first-order chi connectivity index (χ1) is 28.7. The first-order valence-corrected chi connectivity index (χ1v) is 19.6. The molecule has 9 nitrogen and oxygen atoms in total. The number of nitrogens with zero attached hydrogens (tertiary/aromatic N) is 4. The van der Waals surface area contributed by atoms with Crippen LogP contribution in [0.5, 0.6) is 0 Å². The van der Waals surface area contributed by atoms with Gasteiger partial charge < -0.3 is 18.9 Å². The number of morpholine rings is 2. The van der Waals surface area contributed by atoms with E-state index in [-0.39, 0.29) is 23.1 Å². The van der Waals surface area contributed by atoms with Crippen LogP contribution >= 0.6 is 0 Å². The number of amides is 1. The van der Waals surface area contributed by atoms with Crippen molar-refractivity contribution in [3.05, 3.63) is 189 Å². The van der Waals surface area contributed by atoms with Crippen molar-refractivity contribution in [2.24, 2.45) is 0 Å². The van der Waals surface area contributed by atoms with Crippen LogP contribution in [0.25, 0.3) is 22.3 Å². The number of ether oxygens (including phenoxy) is 2. The van der Waals surface area contributed by atoms with Gasteiger partial charge >= 0.3 is 6.18 Å². The molecule has 2 aromatic heterocycles. The van der Waals surface area contributed by atoms with Gasteiger partial charge in [0.05, 0.1) is 38.0 Å². The van der Waals surface area contributed by atoms with E-state index in [4.69, 9.17) is 9.47 Å². The summed E-state index contributed by atoms with van der Waals surface area (Å²) in [5.41, 5.74) is 2.92. The van der Waals surface area contributed by atoms with Gasteiger partial charge in [-0.05, 0) is 58.7 Å². The maximum Gasteiger partial charge on any atom is 0.416 e. The van der Waals surface area contributed by atoms with Gasteiger partial charge in [0, 0.05) is 56.2 Å². The van der Waals surface area contributed by atoms with E-state index in [1.165, 1.54) is 12.1 Å². The highest BCUT2D eigenvalue weighted by atomic mass is 19.4. The lowest BCUT2D eigenvalue weighted by Crippen LogP contribution is -2.46. The van der Waals surface area contributed by atoms with Crippen molar-refractivity contribution in [3.8, 4) is 22.3 Å². The first-order valence-electron chi connectivity index (χ1n) is 19.6. The van der Waals surface area contributed by atoms with E-state index in [0.717, 1.165) is 41.9 Å². The van der Waals surface area contributed by atoms with Gasteiger partial charge in [-0.25, -0.2) is 0 Å². The molecule has 59 heavy (non-hydrogen) atoms. The summed E-state index contributed by atoms with van der Waals surface area (Å²) in [6.45, 7) is 5.64. The van der Waals surface area contributed by atoms with Crippen molar-refractivity contribution in [1.82, 2.24) is 18.9 Å². The quantitative estimate of drug-likeness (QED) is 0.151. The molecular weight excluding hydrogens is 758 g/mol. The molecule has 0 bridgehead atoms. The number of pyridine rings is 2. The summed E-state index contributed by atoms with van der Waals surface area (Å²) in [6, 6.07) is 39.6. The van der Waals surface area contributed by atoms with Gasteiger partial charge in [-0.15, -0.1) is 0 Å². The van der Waals surface area contributed by atoms with Crippen LogP contribution in [0.15, 0.2) is 162 Å². The number of hydrogen-bond donors (Lipinski definition) is 0. The number of hydrogen-bond acceptors (Lipinski definition) is 6. The zero-order valence-corrected chi connectivity index (χ0v) is 32.4. The van der Waals surface area contributed by atoms with E-state index >= 15 is 0 Å². The summed E-state index contributed by atoms with van der Waals surface area (Å²) in [5, 5.41) is 0. The normalized spacial score (nSPS) is 15.7. The van der Waals surface area contributed by atoms with Gasteiger partial charge in [-0.3, -0.25) is 23.9 Å². The number of carbonyl (C=O) groups is 1. The largest absolute Gasteiger partial charge is 0.416 e. The Labute approximate surface area is 340 Å². The fraction of sp³-hybridized carbons (Fsp3) is 0.255. The smallest absolute Gasteiger partial charge is 0.379 e. The standard InChI is InChI=1S/C24H23F3N2O2.C23H22N2O3/c25-24(26,27)20-10-8-18(9-11-20)21-7-4-12-29(23(21)30)22(19-5-2-1-3-6-19)17-28-13-15-31-16-14-28;26-22-20(18-8-3-1-4-9-18)12-7-13-25(22)21(19-10-5-2-6-11-19)23(27)24-14-16-28-17-15-24/h1-12,22H,13-17H2;1-13,21H,14-17H2. The number of alkyl halides is 3. The summed E-state index contributed by atoms with van der Waals surface area (Å²) >= 11 is 0. The molecule has 2 aliphatic heterocycles.